The van der Waals surface area contributed by atoms with Crippen LogP contribution in [0.3, 0.4) is 0 Å². The van der Waals surface area contributed by atoms with Crippen molar-refractivity contribution in [2.45, 2.75) is 60.0 Å². The quantitative estimate of drug-likeness (QED) is 0.837. The fourth-order valence-corrected chi connectivity index (χ4v) is 3.11. The molecule has 0 aliphatic carbocycles. The molecule has 0 bridgehead atoms. The van der Waals surface area contributed by atoms with Gasteiger partial charge in [0.15, 0.2) is 0 Å². The highest BCUT2D eigenvalue weighted by atomic mass is 32.2. The molecule has 4 nitrogen and oxygen atoms in total. The predicted molar refractivity (Wildman–Crippen MR) is 78.2 cm³/mol. The standard InChI is InChI=1S/C13H30N2O2S/c1-11(12(2,3)4)14-9-10-15(13(5,6)7)18(8,16)17/h11,14H,9-10H2,1-8H3. The molecule has 0 rings (SSSR count). The maximum Gasteiger partial charge on any atom is 0.211 e. The molecule has 110 valence electrons. The summed E-state index contributed by atoms with van der Waals surface area (Å²) < 4.78 is 25.0. The van der Waals surface area contributed by atoms with E-state index in [1.807, 2.05) is 20.8 Å². The van der Waals surface area contributed by atoms with Gasteiger partial charge in [-0.2, -0.15) is 4.31 Å². The average molecular weight is 278 g/mol. The van der Waals surface area contributed by atoms with Crippen molar-refractivity contribution < 1.29 is 8.42 Å². The highest BCUT2D eigenvalue weighted by molar-refractivity contribution is 7.88. The lowest BCUT2D eigenvalue weighted by Gasteiger charge is -2.35. The van der Waals surface area contributed by atoms with Gasteiger partial charge in [0.05, 0.1) is 6.26 Å². The summed E-state index contributed by atoms with van der Waals surface area (Å²) in [6.45, 7) is 15.6. The summed E-state index contributed by atoms with van der Waals surface area (Å²) in [6, 6.07) is 0.346. The van der Waals surface area contributed by atoms with Crippen LogP contribution in [-0.2, 0) is 10.0 Å². The highest BCUT2D eigenvalue weighted by Crippen LogP contribution is 2.19. The third kappa shape index (κ3) is 6.16. The van der Waals surface area contributed by atoms with E-state index in [0.29, 0.717) is 19.1 Å². The van der Waals surface area contributed by atoms with Gasteiger partial charge in [0.1, 0.15) is 0 Å². The summed E-state index contributed by atoms with van der Waals surface area (Å²) in [7, 11) is -3.16. The molecular weight excluding hydrogens is 248 g/mol. The van der Waals surface area contributed by atoms with Crippen LogP contribution >= 0.6 is 0 Å². The molecule has 5 heteroatoms. The Hall–Kier alpha value is -0.130. The van der Waals surface area contributed by atoms with Crippen LogP contribution in [0.4, 0.5) is 0 Å². The molecule has 0 saturated heterocycles. The zero-order valence-electron chi connectivity index (χ0n) is 13.2. The van der Waals surface area contributed by atoms with E-state index in [1.54, 1.807) is 4.31 Å². The molecule has 0 aliphatic heterocycles. The largest absolute Gasteiger partial charge is 0.312 e. The Kier molecular flexibility index (Phi) is 5.84. The summed E-state index contributed by atoms with van der Waals surface area (Å²) >= 11 is 0. The van der Waals surface area contributed by atoms with Gasteiger partial charge in [0.25, 0.3) is 0 Å². The average Bonchev–Trinajstić information content (AvgIpc) is 2.05. The van der Waals surface area contributed by atoms with Crippen LogP contribution in [0.25, 0.3) is 0 Å². The number of hydrogen-bond donors (Lipinski definition) is 1. The second-order valence-electron chi connectivity index (χ2n) is 7.05. The Labute approximate surface area is 113 Å². The lowest BCUT2D eigenvalue weighted by atomic mass is 9.88. The van der Waals surface area contributed by atoms with Crippen molar-refractivity contribution in [3.05, 3.63) is 0 Å². The summed E-state index contributed by atoms with van der Waals surface area (Å²) in [5.41, 5.74) is -0.197. The van der Waals surface area contributed by atoms with Crippen molar-refractivity contribution in [1.82, 2.24) is 9.62 Å². The molecule has 0 fully saturated rings. The number of hydrogen-bond acceptors (Lipinski definition) is 3. The van der Waals surface area contributed by atoms with E-state index in [2.05, 4.69) is 33.0 Å². The molecule has 0 aliphatic rings. The van der Waals surface area contributed by atoms with Crippen LogP contribution in [0.15, 0.2) is 0 Å². The van der Waals surface area contributed by atoms with Crippen molar-refractivity contribution >= 4 is 10.0 Å². The smallest absolute Gasteiger partial charge is 0.211 e. The van der Waals surface area contributed by atoms with Crippen LogP contribution < -0.4 is 5.32 Å². The molecule has 0 amide bonds. The van der Waals surface area contributed by atoms with Crippen LogP contribution in [0.2, 0.25) is 0 Å². The molecule has 0 spiro atoms. The minimum atomic E-state index is -3.16. The van der Waals surface area contributed by atoms with Crippen LogP contribution in [0.1, 0.15) is 48.5 Å². The zero-order chi connectivity index (χ0) is 14.8. The molecule has 0 saturated carbocycles. The normalized spacial score (nSPS) is 16.1. The Morgan fingerprint density at radius 3 is 1.83 bits per heavy atom. The molecule has 0 heterocycles. The van der Waals surface area contributed by atoms with Gasteiger partial charge in [-0.1, -0.05) is 20.8 Å². The monoisotopic (exact) mass is 278 g/mol. The van der Waals surface area contributed by atoms with Crippen LogP contribution in [-0.4, -0.2) is 43.6 Å². The number of nitrogens with one attached hydrogen (secondary N) is 1. The number of nitrogens with zero attached hydrogens (tertiary/aromatic N) is 1. The summed E-state index contributed by atoms with van der Waals surface area (Å²) in [6.07, 6.45) is 1.27. The third-order valence-corrected chi connectivity index (χ3v) is 4.74. The molecule has 1 N–H and O–H groups in total. The third-order valence-electron chi connectivity index (χ3n) is 3.21. The van der Waals surface area contributed by atoms with Gasteiger partial charge >= 0.3 is 0 Å². The van der Waals surface area contributed by atoms with E-state index < -0.39 is 10.0 Å². The maximum absolute atomic E-state index is 11.7. The van der Waals surface area contributed by atoms with Gasteiger partial charge < -0.3 is 5.32 Å². The second-order valence-corrected chi connectivity index (χ2v) is 8.95. The lowest BCUT2D eigenvalue weighted by Crippen LogP contribution is -2.49. The number of rotatable bonds is 5. The van der Waals surface area contributed by atoms with Crippen molar-refractivity contribution in [2.24, 2.45) is 5.41 Å². The Balaban J connectivity index is 4.50. The summed E-state index contributed by atoms with van der Waals surface area (Å²) in [5, 5.41) is 3.39. The number of sulfonamides is 1. The first-order valence-electron chi connectivity index (χ1n) is 6.47. The van der Waals surface area contributed by atoms with Crippen molar-refractivity contribution in [2.75, 3.05) is 19.3 Å². The van der Waals surface area contributed by atoms with Crippen molar-refractivity contribution in [1.29, 1.82) is 0 Å². The highest BCUT2D eigenvalue weighted by Gasteiger charge is 2.29. The van der Waals surface area contributed by atoms with Crippen molar-refractivity contribution in [3.8, 4) is 0 Å². The zero-order valence-corrected chi connectivity index (χ0v) is 14.0. The van der Waals surface area contributed by atoms with E-state index in [1.165, 1.54) is 6.26 Å². The SMILES string of the molecule is CC(NCCN(C(C)(C)C)S(C)(=O)=O)C(C)(C)C. The molecule has 0 aromatic rings. The van der Waals surface area contributed by atoms with Gasteiger partial charge in [-0.25, -0.2) is 8.42 Å². The van der Waals surface area contributed by atoms with Gasteiger partial charge in [-0.3, -0.25) is 0 Å². The van der Waals surface area contributed by atoms with E-state index in [4.69, 9.17) is 0 Å². The fourth-order valence-electron chi connectivity index (χ4n) is 1.69. The summed E-state index contributed by atoms with van der Waals surface area (Å²) in [5.74, 6) is 0. The van der Waals surface area contributed by atoms with E-state index in [-0.39, 0.29) is 11.0 Å². The van der Waals surface area contributed by atoms with Gasteiger partial charge in [-0.05, 0) is 33.1 Å². The minimum absolute atomic E-state index is 0.178. The van der Waals surface area contributed by atoms with Gasteiger partial charge in [-0.15, -0.1) is 0 Å². The molecular formula is C13H30N2O2S. The fraction of sp³-hybridized carbons (Fsp3) is 1.00. The Morgan fingerprint density at radius 1 is 1.11 bits per heavy atom. The van der Waals surface area contributed by atoms with Gasteiger partial charge in [0.2, 0.25) is 10.0 Å². The topological polar surface area (TPSA) is 49.4 Å². The molecule has 1 atom stereocenters. The van der Waals surface area contributed by atoms with E-state index >= 15 is 0 Å². The van der Waals surface area contributed by atoms with Gasteiger partial charge in [0, 0.05) is 24.7 Å². The first kappa shape index (κ1) is 17.9. The summed E-state index contributed by atoms with van der Waals surface area (Å²) in [4.78, 5) is 0. The van der Waals surface area contributed by atoms with Crippen LogP contribution in [0.5, 0.6) is 0 Å². The second kappa shape index (κ2) is 5.88. The lowest BCUT2D eigenvalue weighted by molar-refractivity contribution is 0.232. The molecule has 0 radical (unpaired) electrons. The van der Waals surface area contributed by atoms with E-state index in [0.717, 1.165) is 0 Å². The molecule has 1 unspecified atom stereocenters. The van der Waals surface area contributed by atoms with Crippen LogP contribution in [0, 0.1) is 5.41 Å². The maximum atomic E-state index is 11.7. The molecule has 18 heavy (non-hydrogen) atoms. The minimum Gasteiger partial charge on any atom is -0.312 e. The Bertz CT molecular complexity index is 350. The van der Waals surface area contributed by atoms with Crippen molar-refractivity contribution in [3.63, 3.8) is 0 Å². The Morgan fingerprint density at radius 2 is 1.56 bits per heavy atom. The predicted octanol–water partition coefficient (Wildman–Crippen LogP) is 2.07. The van der Waals surface area contributed by atoms with E-state index in [9.17, 15) is 8.42 Å². The molecule has 0 aromatic carbocycles. The first-order chi connectivity index (χ1) is 7.76. The molecule has 0 aromatic heterocycles. The first-order valence-corrected chi connectivity index (χ1v) is 8.32.